The second-order valence-electron chi connectivity index (χ2n) is 3.52. The van der Waals surface area contributed by atoms with Crippen LogP contribution in [-0.4, -0.2) is 9.59 Å². The number of nitrogens with zero attached hydrogens (tertiary/aromatic N) is 2. The first-order chi connectivity index (χ1) is 8.15. The second kappa shape index (κ2) is 4.82. The molecular weight excluding hydrogens is 246 g/mol. The number of benzene rings is 1. The molecule has 0 radical (unpaired) electrons. The van der Waals surface area contributed by atoms with Crippen molar-refractivity contribution in [1.82, 2.24) is 15.0 Å². The van der Waals surface area contributed by atoms with Gasteiger partial charge in [0.05, 0.1) is 11.7 Å². The van der Waals surface area contributed by atoms with Crippen molar-refractivity contribution in [1.29, 1.82) is 0 Å². The molecule has 2 aromatic rings. The molecule has 1 aromatic heterocycles. The van der Waals surface area contributed by atoms with Crippen molar-refractivity contribution < 1.29 is 8.78 Å². The zero-order valence-corrected chi connectivity index (χ0v) is 9.76. The highest BCUT2D eigenvalue weighted by Gasteiger charge is 2.24. The Hall–Kier alpha value is -1.44. The van der Waals surface area contributed by atoms with Crippen molar-refractivity contribution >= 4 is 11.5 Å². The lowest BCUT2D eigenvalue weighted by atomic mass is 10.0. The Balaban J connectivity index is 2.55. The van der Waals surface area contributed by atoms with E-state index in [4.69, 9.17) is 5.84 Å². The number of nitrogens with one attached hydrogen (secondary N) is 1. The van der Waals surface area contributed by atoms with Crippen molar-refractivity contribution in [3.8, 4) is 0 Å². The quantitative estimate of drug-likeness (QED) is 0.648. The summed E-state index contributed by atoms with van der Waals surface area (Å²) in [6, 6.07) is 1.74. The summed E-state index contributed by atoms with van der Waals surface area (Å²) in [5, 5.41) is 5.36. The summed E-state index contributed by atoms with van der Waals surface area (Å²) in [6.45, 7) is 1.56. The maximum atomic E-state index is 13.9. The van der Waals surface area contributed by atoms with E-state index in [1.165, 1.54) is 12.1 Å². The maximum absolute atomic E-state index is 13.9. The molecule has 0 aliphatic rings. The SMILES string of the molecule is Cc1ccc(F)c(C(NN)c2csnn2)c1F. The van der Waals surface area contributed by atoms with Gasteiger partial charge in [0, 0.05) is 10.9 Å². The topological polar surface area (TPSA) is 63.8 Å². The summed E-state index contributed by atoms with van der Waals surface area (Å²) in [5.41, 5.74) is 2.96. The largest absolute Gasteiger partial charge is 0.271 e. The van der Waals surface area contributed by atoms with Gasteiger partial charge < -0.3 is 0 Å². The minimum atomic E-state index is -0.839. The number of aryl methyl sites for hydroxylation is 1. The molecule has 0 saturated carbocycles. The molecule has 0 aliphatic heterocycles. The van der Waals surface area contributed by atoms with Gasteiger partial charge in [0.15, 0.2) is 0 Å². The fraction of sp³-hybridized carbons (Fsp3) is 0.200. The molecule has 17 heavy (non-hydrogen) atoms. The fourth-order valence-electron chi connectivity index (χ4n) is 1.56. The first-order valence-electron chi connectivity index (χ1n) is 4.82. The molecule has 7 heteroatoms. The summed E-state index contributed by atoms with van der Waals surface area (Å²) < 4.78 is 31.2. The van der Waals surface area contributed by atoms with E-state index in [1.807, 2.05) is 0 Å². The zero-order valence-electron chi connectivity index (χ0n) is 8.95. The maximum Gasteiger partial charge on any atom is 0.134 e. The van der Waals surface area contributed by atoms with E-state index in [0.29, 0.717) is 11.3 Å². The normalized spacial score (nSPS) is 12.7. The molecule has 0 amide bonds. The summed E-state index contributed by atoms with van der Waals surface area (Å²) in [5.74, 6) is 4.05. The van der Waals surface area contributed by atoms with Gasteiger partial charge in [-0.3, -0.25) is 5.84 Å². The van der Waals surface area contributed by atoms with Crippen LogP contribution in [0.5, 0.6) is 0 Å². The molecule has 0 spiro atoms. The number of rotatable bonds is 3. The second-order valence-corrected chi connectivity index (χ2v) is 4.13. The highest BCUT2D eigenvalue weighted by molar-refractivity contribution is 7.03. The van der Waals surface area contributed by atoms with Gasteiger partial charge in [0.25, 0.3) is 0 Å². The molecule has 1 heterocycles. The Kier molecular flexibility index (Phi) is 3.41. The van der Waals surface area contributed by atoms with Gasteiger partial charge in [-0.2, -0.15) is 0 Å². The van der Waals surface area contributed by atoms with Crippen LogP contribution < -0.4 is 11.3 Å². The van der Waals surface area contributed by atoms with E-state index in [-0.39, 0.29) is 5.56 Å². The predicted molar refractivity (Wildman–Crippen MR) is 60.2 cm³/mol. The molecular formula is C10H10F2N4S. The van der Waals surface area contributed by atoms with Gasteiger partial charge >= 0.3 is 0 Å². The molecule has 1 atom stereocenters. The molecule has 0 saturated heterocycles. The van der Waals surface area contributed by atoms with Crippen LogP contribution in [0.25, 0.3) is 0 Å². The fourth-order valence-corrected chi connectivity index (χ4v) is 2.04. The van der Waals surface area contributed by atoms with E-state index < -0.39 is 17.7 Å². The molecule has 2 rings (SSSR count). The standard InChI is InChI=1S/C10H10F2N4S/c1-5-2-3-6(11)8(9(5)12)10(14-13)7-4-17-16-15-7/h2-4,10,14H,13H2,1H3. The zero-order chi connectivity index (χ0) is 12.4. The van der Waals surface area contributed by atoms with Crippen molar-refractivity contribution in [2.24, 2.45) is 5.84 Å². The molecule has 0 aliphatic carbocycles. The Labute approximate surface area is 101 Å². The van der Waals surface area contributed by atoms with Crippen LogP contribution in [0.3, 0.4) is 0 Å². The lowest BCUT2D eigenvalue weighted by molar-refractivity contribution is 0.501. The number of hydrazine groups is 1. The Morgan fingerprint density at radius 2 is 2.18 bits per heavy atom. The Bertz CT molecular complexity index is 515. The number of hydrogen-bond acceptors (Lipinski definition) is 5. The number of halogens is 2. The predicted octanol–water partition coefficient (Wildman–Crippen LogP) is 1.68. The summed E-state index contributed by atoms with van der Waals surface area (Å²) in [6.07, 6.45) is 0. The molecule has 0 bridgehead atoms. The average molecular weight is 256 g/mol. The minimum absolute atomic E-state index is 0.139. The minimum Gasteiger partial charge on any atom is -0.271 e. The monoisotopic (exact) mass is 256 g/mol. The smallest absolute Gasteiger partial charge is 0.134 e. The lowest BCUT2D eigenvalue weighted by Crippen LogP contribution is -2.30. The summed E-state index contributed by atoms with van der Waals surface area (Å²) in [7, 11) is 0. The molecule has 90 valence electrons. The molecule has 1 unspecified atom stereocenters. The first kappa shape index (κ1) is 12.0. The van der Waals surface area contributed by atoms with Crippen LogP contribution >= 0.6 is 11.5 Å². The highest BCUT2D eigenvalue weighted by atomic mass is 32.1. The highest BCUT2D eigenvalue weighted by Crippen LogP contribution is 2.27. The van der Waals surface area contributed by atoms with Gasteiger partial charge in [-0.05, 0) is 30.1 Å². The summed E-state index contributed by atoms with van der Waals surface area (Å²) >= 11 is 1.09. The molecule has 3 N–H and O–H groups in total. The van der Waals surface area contributed by atoms with Crippen molar-refractivity contribution in [2.45, 2.75) is 13.0 Å². The van der Waals surface area contributed by atoms with Crippen LogP contribution in [0.4, 0.5) is 8.78 Å². The van der Waals surface area contributed by atoms with E-state index in [9.17, 15) is 8.78 Å². The first-order valence-corrected chi connectivity index (χ1v) is 5.66. The van der Waals surface area contributed by atoms with Gasteiger partial charge in [0.2, 0.25) is 0 Å². The third kappa shape index (κ3) is 2.17. The molecule has 4 nitrogen and oxygen atoms in total. The summed E-state index contributed by atoms with van der Waals surface area (Å²) in [4.78, 5) is 0. The van der Waals surface area contributed by atoms with Crippen LogP contribution in [0.2, 0.25) is 0 Å². The number of hydrogen-bond donors (Lipinski definition) is 2. The Morgan fingerprint density at radius 3 is 2.76 bits per heavy atom. The number of aromatic nitrogens is 2. The van der Waals surface area contributed by atoms with Gasteiger partial charge in [-0.15, -0.1) is 5.10 Å². The third-order valence-corrected chi connectivity index (χ3v) is 2.97. The molecule has 1 aromatic carbocycles. The van der Waals surface area contributed by atoms with Gasteiger partial charge in [0.1, 0.15) is 11.6 Å². The van der Waals surface area contributed by atoms with E-state index in [0.717, 1.165) is 11.5 Å². The van der Waals surface area contributed by atoms with Crippen molar-refractivity contribution in [3.05, 3.63) is 46.0 Å². The van der Waals surface area contributed by atoms with Gasteiger partial charge in [-0.25, -0.2) is 14.2 Å². The van der Waals surface area contributed by atoms with Crippen LogP contribution in [0.1, 0.15) is 22.9 Å². The third-order valence-electron chi connectivity index (χ3n) is 2.45. The molecule has 0 fully saturated rings. The van der Waals surface area contributed by atoms with Crippen LogP contribution in [-0.2, 0) is 0 Å². The van der Waals surface area contributed by atoms with E-state index in [2.05, 4.69) is 15.0 Å². The van der Waals surface area contributed by atoms with Crippen molar-refractivity contribution in [3.63, 3.8) is 0 Å². The van der Waals surface area contributed by atoms with Crippen LogP contribution in [0, 0.1) is 18.6 Å². The average Bonchev–Trinajstić information content (AvgIpc) is 2.83. The number of nitrogens with two attached hydrogens (primary N) is 1. The Morgan fingerprint density at radius 1 is 1.41 bits per heavy atom. The van der Waals surface area contributed by atoms with Gasteiger partial charge in [-0.1, -0.05) is 10.6 Å². The lowest BCUT2D eigenvalue weighted by Gasteiger charge is -2.16. The van der Waals surface area contributed by atoms with Crippen molar-refractivity contribution in [2.75, 3.05) is 0 Å². The van der Waals surface area contributed by atoms with E-state index in [1.54, 1.807) is 12.3 Å². The van der Waals surface area contributed by atoms with Crippen LogP contribution in [0.15, 0.2) is 17.5 Å². The van der Waals surface area contributed by atoms with E-state index >= 15 is 0 Å².